The molecule has 29 heavy (non-hydrogen) atoms. The van der Waals surface area contributed by atoms with E-state index < -0.39 is 0 Å². The van der Waals surface area contributed by atoms with Gasteiger partial charge in [-0.05, 0) is 49.6 Å². The van der Waals surface area contributed by atoms with Crippen molar-refractivity contribution in [2.24, 2.45) is 4.99 Å². The molecule has 160 valence electrons. The largest absolute Gasteiger partial charge is 0.493 e. The molecule has 0 bridgehead atoms. The highest BCUT2D eigenvalue weighted by Gasteiger charge is 2.06. The van der Waals surface area contributed by atoms with Crippen molar-refractivity contribution in [1.29, 1.82) is 0 Å². The second kappa shape index (κ2) is 13.3. The third-order valence-corrected chi connectivity index (χ3v) is 4.29. The molecule has 7 heteroatoms. The molecular weight excluding hydrogens is 481 g/mol. The van der Waals surface area contributed by atoms with Gasteiger partial charge >= 0.3 is 0 Å². The topological polar surface area (TPSA) is 75.1 Å². The van der Waals surface area contributed by atoms with Crippen molar-refractivity contribution in [1.82, 2.24) is 10.6 Å². The summed E-state index contributed by atoms with van der Waals surface area (Å²) in [5.74, 6) is 2.01. The Morgan fingerprint density at radius 2 is 1.86 bits per heavy atom. The van der Waals surface area contributed by atoms with Gasteiger partial charge < -0.3 is 25.2 Å². The van der Waals surface area contributed by atoms with E-state index in [1.807, 2.05) is 25.1 Å². The van der Waals surface area contributed by atoms with Gasteiger partial charge in [0.05, 0.1) is 20.3 Å². The van der Waals surface area contributed by atoms with Crippen LogP contribution in [0.25, 0.3) is 0 Å². The van der Waals surface area contributed by atoms with Crippen LogP contribution in [0, 0.1) is 13.8 Å². The highest BCUT2D eigenvalue weighted by Crippen LogP contribution is 2.28. The predicted octanol–water partition coefficient (Wildman–Crippen LogP) is 3.56. The molecule has 0 atom stereocenters. The number of benzene rings is 2. The van der Waals surface area contributed by atoms with Crippen molar-refractivity contribution in [3.8, 4) is 11.5 Å². The van der Waals surface area contributed by atoms with Crippen LogP contribution in [0.1, 0.15) is 29.2 Å². The van der Waals surface area contributed by atoms with Crippen LogP contribution in [0.4, 0.5) is 0 Å². The fourth-order valence-electron chi connectivity index (χ4n) is 2.82. The first kappa shape index (κ1) is 25.0. The Kier molecular flexibility index (Phi) is 11.5. The molecule has 3 N–H and O–H groups in total. The normalized spacial score (nSPS) is 10.9. The maximum atomic E-state index is 8.91. The monoisotopic (exact) mass is 513 g/mol. The number of hydrogen-bond acceptors (Lipinski definition) is 4. The van der Waals surface area contributed by atoms with Gasteiger partial charge in [0.2, 0.25) is 0 Å². The van der Waals surface area contributed by atoms with Crippen molar-refractivity contribution in [2.75, 3.05) is 26.9 Å². The van der Waals surface area contributed by atoms with Crippen LogP contribution in [0.15, 0.2) is 41.4 Å². The van der Waals surface area contributed by atoms with Crippen LogP contribution in [-0.4, -0.2) is 37.9 Å². The summed E-state index contributed by atoms with van der Waals surface area (Å²) in [6.07, 6.45) is 0. The second-order valence-electron chi connectivity index (χ2n) is 6.54. The number of methoxy groups -OCH3 is 1. The fourth-order valence-corrected chi connectivity index (χ4v) is 2.82. The predicted molar refractivity (Wildman–Crippen MR) is 129 cm³/mol. The van der Waals surface area contributed by atoms with Gasteiger partial charge in [0.1, 0.15) is 6.61 Å². The molecule has 2 aromatic rings. The number of aliphatic imine (C=N–C) groups is 1. The van der Waals surface area contributed by atoms with E-state index in [1.54, 1.807) is 7.11 Å². The van der Waals surface area contributed by atoms with E-state index in [0.717, 1.165) is 24.6 Å². The first-order valence-electron chi connectivity index (χ1n) is 9.56. The Hall–Kier alpha value is -2.00. The molecule has 0 aromatic heterocycles. The molecular formula is C22H32IN3O3. The Morgan fingerprint density at radius 3 is 2.52 bits per heavy atom. The van der Waals surface area contributed by atoms with Gasteiger partial charge in [-0.25, -0.2) is 4.99 Å². The van der Waals surface area contributed by atoms with Crippen molar-refractivity contribution in [3.05, 3.63) is 58.7 Å². The van der Waals surface area contributed by atoms with Gasteiger partial charge in [-0.3, -0.25) is 0 Å². The number of rotatable bonds is 9. The fraction of sp³-hybridized carbons (Fsp3) is 0.409. The summed E-state index contributed by atoms with van der Waals surface area (Å²) in [6, 6.07) is 12.2. The number of guanidine groups is 1. The standard InChI is InChI=1S/C22H31N3O3.HI/c1-5-23-22(25-15-19-8-6-16(2)12-17(19)3)24-14-18-7-9-20(28-11-10-26)21(13-18)27-4;/h6-9,12-13,26H,5,10-11,14-15H2,1-4H3,(H2,23,24,25);1H. The number of nitrogens with zero attached hydrogens (tertiary/aromatic N) is 1. The first-order chi connectivity index (χ1) is 13.6. The minimum Gasteiger partial charge on any atom is -0.493 e. The highest BCUT2D eigenvalue weighted by atomic mass is 127. The molecule has 2 rings (SSSR count). The maximum absolute atomic E-state index is 8.91. The number of halogens is 1. The number of hydrogen-bond donors (Lipinski definition) is 3. The van der Waals surface area contributed by atoms with Gasteiger partial charge in [-0.1, -0.05) is 29.8 Å². The second-order valence-corrected chi connectivity index (χ2v) is 6.54. The van der Waals surface area contributed by atoms with E-state index in [4.69, 9.17) is 14.6 Å². The lowest BCUT2D eigenvalue weighted by molar-refractivity contribution is 0.196. The molecule has 0 spiro atoms. The summed E-state index contributed by atoms with van der Waals surface area (Å²) in [7, 11) is 1.60. The third-order valence-electron chi connectivity index (χ3n) is 4.29. The molecule has 0 aliphatic heterocycles. The smallest absolute Gasteiger partial charge is 0.191 e. The van der Waals surface area contributed by atoms with Crippen molar-refractivity contribution < 1.29 is 14.6 Å². The minimum absolute atomic E-state index is 0. The van der Waals surface area contributed by atoms with E-state index >= 15 is 0 Å². The van der Waals surface area contributed by atoms with E-state index in [2.05, 4.69) is 47.7 Å². The summed E-state index contributed by atoms with van der Waals surface area (Å²) in [5.41, 5.74) is 4.80. The van der Waals surface area contributed by atoms with E-state index in [1.165, 1.54) is 16.7 Å². The van der Waals surface area contributed by atoms with Crippen molar-refractivity contribution >= 4 is 29.9 Å². The number of aliphatic hydroxyl groups excluding tert-OH is 1. The lowest BCUT2D eigenvalue weighted by atomic mass is 10.1. The zero-order valence-electron chi connectivity index (χ0n) is 17.6. The van der Waals surface area contributed by atoms with E-state index in [0.29, 0.717) is 18.0 Å². The number of aliphatic hydroxyl groups is 1. The number of aryl methyl sites for hydroxylation is 2. The molecule has 6 nitrogen and oxygen atoms in total. The van der Waals surface area contributed by atoms with Crippen molar-refractivity contribution in [3.63, 3.8) is 0 Å². The summed E-state index contributed by atoms with van der Waals surface area (Å²) in [6.45, 7) is 8.49. The minimum atomic E-state index is -0.0344. The highest BCUT2D eigenvalue weighted by molar-refractivity contribution is 14.0. The number of nitrogens with one attached hydrogen (secondary N) is 2. The average Bonchev–Trinajstić information content (AvgIpc) is 2.69. The van der Waals surface area contributed by atoms with Crippen LogP contribution < -0.4 is 20.1 Å². The molecule has 0 fully saturated rings. The Labute approximate surface area is 190 Å². The average molecular weight is 513 g/mol. The summed E-state index contributed by atoms with van der Waals surface area (Å²) in [4.78, 5) is 4.67. The van der Waals surface area contributed by atoms with Gasteiger partial charge in [-0.2, -0.15) is 0 Å². The molecule has 0 saturated heterocycles. The van der Waals surface area contributed by atoms with Crippen molar-refractivity contribution in [2.45, 2.75) is 33.9 Å². The molecule has 0 heterocycles. The van der Waals surface area contributed by atoms with Crippen LogP contribution in [0.5, 0.6) is 11.5 Å². The van der Waals surface area contributed by atoms with Gasteiger partial charge in [-0.15, -0.1) is 24.0 Å². The van der Waals surface area contributed by atoms with E-state index in [-0.39, 0.29) is 37.2 Å². The third kappa shape index (κ3) is 8.10. The van der Waals surface area contributed by atoms with Gasteiger partial charge in [0.15, 0.2) is 17.5 Å². The maximum Gasteiger partial charge on any atom is 0.191 e. The van der Waals surface area contributed by atoms with Crippen LogP contribution >= 0.6 is 24.0 Å². The summed E-state index contributed by atoms with van der Waals surface area (Å²) in [5, 5.41) is 15.6. The zero-order valence-corrected chi connectivity index (χ0v) is 19.9. The lowest BCUT2D eigenvalue weighted by Crippen LogP contribution is -2.36. The Bertz CT molecular complexity index is 797. The molecule has 0 amide bonds. The molecule has 0 unspecified atom stereocenters. The van der Waals surface area contributed by atoms with Crippen LogP contribution in [-0.2, 0) is 13.1 Å². The molecule has 0 aliphatic carbocycles. The molecule has 0 radical (unpaired) electrons. The zero-order chi connectivity index (χ0) is 20.4. The summed E-state index contributed by atoms with van der Waals surface area (Å²) >= 11 is 0. The molecule has 0 saturated carbocycles. The van der Waals surface area contributed by atoms with Crippen LogP contribution in [0.2, 0.25) is 0 Å². The van der Waals surface area contributed by atoms with Crippen LogP contribution in [0.3, 0.4) is 0 Å². The lowest BCUT2D eigenvalue weighted by Gasteiger charge is -2.14. The molecule has 0 aliphatic rings. The summed E-state index contributed by atoms with van der Waals surface area (Å²) < 4.78 is 10.8. The first-order valence-corrected chi connectivity index (χ1v) is 9.56. The SMILES string of the molecule is CCNC(=NCc1ccc(OCCO)c(OC)c1)NCc1ccc(C)cc1C.I. The van der Waals surface area contributed by atoms with E-state index in [9.17, 15) is 0 Å². The Balaban J connectivity index is 0.00000420. The molecule has 2 aromatic carbocycles. The quantitative estimate of drug-likeness (QED) is 0.272. The van der Waals surface area contributed by atoms with Gasteiger partial charge in [0.25, 0.3) is 0 Å². The Morgan fingerprint density at radius 1 is 1.07 bits per heavy atom. The number of ether oxygens (including phenoxy) is 2. The van der Waals surface area contributed by atoms with Gasteiger partial charge in [0, 0.05) is 13.1 Å².